The normalized spacial score (nSPS) is 7.39. The molecule has 0 rings (SSSR count). The Bertz CT molecular complexity index is 151. The van der Waals surface area contributed by atoms with Crippen molar-refractivity contribution < 1.29 is 39.5 Å². The molecule has 9 heteroatoms. The van der Waals surface area contributed by atoms with Crippen LogP contribution in [-0.2, 0) is 0 Å². The standard InChI is InChI=1S/C3H2F4.C2H3F.C2H4.2CH2F2/c1-2(4)3(5,6)7;1-2-3;1-2;2*2-1-3/h1H2;2H,1H2;1-2H2;2*1H2. The minimum Gasteiger partial charge on any atom is -0.216 e. The summed E-state index contributed by atoms with van der Waals surface area (Å²) in [6.45, 7) is 7.23. The molecule has 18 heavy (non-hydrogen) atoms. The van der Waals surface area contributed by atoms with Gasteiger partial charge in [0.1, 0.15) is 0 Å². The molecule has 0 radical (unpaired) electrons. The van der Waals surface area contributed by atoms with E-state index in [1.165, 1.54) is 0 Å². The average Bonchev–Trinajstić information content (AvgIpc) is 2.22. The summed E-state index contributed by atoms with van der Waals surface area (Å²) in [7, 11) is 0. The molecule has 0 spiro atoms. The van der Waals surface area contributed by atoms with Crippen molar-refractivity contribution in [2.45, 2.75) is 6.18 Å². The molecule has 0 N–H and O–H groups in total. The Kier molecular flexibility index (Phi) is 49.3. The summed E-state index contributed by atoms with van der Waals surface area (Å²) in [4.78, 5) is 0. The molecule has 0 amide bonds. The van der Waals surface area contributed by atoms with Crippen LogP contribution in [0.4, 0.5) is 39.5 Å². The maximum Gasteiger partial charge on any atom is 0.442 e. The molecular weight excluding hydrogens is 279 g/mol. The van der Waals surface area contributed by atoms with E-state index >= 15 is 0 Å². The summed E-state index contributed by atoms with van der Waals surface area (Å²) >= 11 is 0. The highest BCUT2D eigenvalue weighted by molar-refractivity contribution is 4.88. The van der Waals surface area contributed by atoms with Crippen LogP contribution in [0.2, 0.25) is 0 Å². The molecule has 0 nitrogen and oxygen atoms in total. The fraction of sp³-hybridized carbons (Fsp3) is 0.333. The van der Waals surface area contributed by atoms with E-state index < -0.39 is 25.9 Å². The minimum absolute atomic E-state index is 0.250. The monoisotopic (exact) mass is 292 g/mol. The average molecular weight is 292 g/mol. The zero-order chi connectivity index (χ0) is 16.2. The van der Waals surface area contributed by atoms with E-state index in [-0.39, 0.29) is 6.33 Å². The molecule has 0 aliphatic rings. The highest BCUT2D eigenvalue weighted by Crippen LogP contribution is 2.23. The van der Waals surface area contributed by atoms with Gasteiger partial charge < -0.3 is 0 Å². The first-order chi connectivity index (χ1) is 8.19. The van der Waals surface area contributed by atoms with Gasteiger partial charge in [-0.1, -0.05) is 13.2 Å². The van der Waals surface area contributed by atoms with Gasteiger partial charge >= 0.3 is 6.18 Å². The number of halogens is 9. The third kappa shape index (κ3) is 128. The quantitative estimate of drug-likeness (QED) is 0.397. The first-order valence-electron chi connectivity index (χ1n) is 3.55. The van der Waals surface area contributed by atoms with Crippen molar-refractivity contribution in [3.8, 4) is 0 Å². The van der Waals surface area contributed by atoms with Crippen molar-refractivity contribution in [3.63, 3.8) is 0 Å². The van der Waals surface area contributed by atoms with Gasteiger partial charge in [0, 0.05) is 0 Å². The van der Waals surface area contributed by atoms with Crippen LogP contribution in [0.5, 0.6) is 0 Å². The summed E-state index contributed by atoms with van der Waals surface area (Å²) in [5, 5.41) is 0. The summed E-state index contributed by atoms with van der Waals surface area (Å²) < 4.78 is 91.6. The van der Waals surface area contributed by atoms with Crippen LogP contribution < -0.4 is 0 Å². The highest BCUT2D eigenvalue weighted by Gasteiger charge is 2.32. The Morgan fingerprint density at radius 2 is 1.00 bits per heavy atom. The van der Waals surface area contributed by atoms with Gasteiger partial charge in [0.2, 0.25) is 13.9 Å². The van der Waals surface area contributed by atoms with Crippen LogP contribution >= 0.6 is 0 Å². The van der Waals surface area contributed by atoms with Crippen LogP contribution in [-0.4, -0.2) is 20.0 Å². The largest absolute Gasteiger partial charge is 0.442 e. The van der Waals surface area contributed by atoms with Gasteiger partial charge in [-0.05, 0) is 0 Å². The van der Waals surface area contributed by atoms with E-state index in [1.807, 2.05) is 6.58 Å². The number of hydrogen-bond donors (Lipinski definition) is 0. The van der Waals surface area contributed by atoms with Gasteiger partial charge in [-0.3, -0.25) is 0 Å². The molecule has 0 fully saturated rings. The number of hydrogen-bond acceptors (Lipinski definition) is 0. The fourth-order valence-electron chi connectivity index (χ4n) is 0. The molecule has 0 saturated carbocycles. The van der Waals surface area contributed by atoms with E-state index in [1.54, 1.807) is 0 Å². The third-order valence-electron chi connectivity index (χ3n) is 0.308. The summed E-state index contributed by atoms with van der Waals surface area (Å²) in [5.74, 6) is -2.26. The first kappa shape index (κ1) is 30.0. The molecule has 0 aliphatic carbocycles. The maximum absolute atomic E-state index is 10.9. The molecule has 0 aromatic carbocycles. The van der Waals surface area contributed by atoms with Crippen molar-refractivity contribution in [2.24, 2.45) is 0 Å². The molecule has 0 saturated heterocycles. The molecule has 0 aromatic rings. The second kappa shape index (κ2) is 29.6. The summed E-state index contributed by atoms with van der Waals surface area (Å²) in [6, 6.07) is 0. The van der Waals surface area contributed by atoms with Crippen LogP contribution in [0, 0.1) is 0 Å². The van der Waals surface area contributed by atoms with Gasteiger partial charge in [-0.2, -0.15) is 13.2 Å². The van der Waals surface area contributed by atoms with Crippen LogP contribution in [0.1, 0.15) is 0 Å². The van der Waals surface area contributed by atoms with Gasteiger partial charge in [-0.15, -0.1) is 13.2 Å². The van der Waals surface area contributed by atoms with Crippen molar-refractivity contribution >= 4 is 0 Å². The lowest BCUT2D eigenvalue weighted by Crippen LogP contribution is -2.05. The molecule has 0 heterocycles. The molecular formula is C9H13F9. The van der Waals surface area contributed by atoms with Crippen molar-refractivity contribution in [3.05, 3.63) is 38.5 Å². The van der Waals surface area contributed by atoms with Gasteiger partial charge in [0.05, 0.1) is 6.33 Å². The molecule has 0 unspecified atom stereocenters. The summed E-state index contributed by atoms with van der Waals surface area (Å²) in [5.41, 5.74) is 0. The first-order valence-corrected chi connectivity index (χ1v) is 3.55. The van der Waals surface area contributed by atoms with Gasteiger partial charge in [-0.25, -0.2) is 26.3 Å². The Balaban J connectivity index is -0.0000000437. The predicted octanol–water partition coefficient (Wildman–Crippen LogP) is 5.70. The van der Waals surface area contributed by atoms with Crippen molar-refractivity contribution in [1.82, 2.24) is 0 Å². The van der Waals surface area contributed by atoms with Crippen LogP contribution in [0.3, 0.4) is 0 Å². The Morgan fingerprint density at radius 1 is 0.944 bits per heavy atom. The van der Waals surface area contributed by atoms with E-state index in [2.05, 4.69) is 19.7 Å². The number of alkyl halides is 7. The SMILES string of the molecule is C=C.C=C(F)C(F)(F)F.C=CF.FCF.FCF. The Labute approximate surface area is 99.1 Å². The van der Waals surface area contributed by atoms with E-state index in [4.69, 9.17) is 0 Å². The molecule has 0 atom stereocenters. The van der Waals surface area contributed by atoms with Crippen molar-refractivity contribution in [2.75, 3.05) is 13.9 Å². The fourth-order valence-corrected chi connectivity index (χ4v) is 0. The van der Waals surface area contributed by atoms with Gasteiger partial charge in [0.25, 0.3) is 0 Å². The lowest BCUT2D eigenvalue weighted by molar-refractivity contribution is -0.108. The Hall–Kier alpha value is -1.41. The van der Waals surface area contributed by atoms with E-state index in [0.717, 1.165) is 0 Å². The topological polar surface area (TPSA) is 0 Å². The highest BCUT2D eigenvalue weighted by atomic mass is 19.4. The molecule has 0 aliphatic heterocycles. The lowest BCUT2D eigenvalue weighted by Gasteiger charge is -1.97. The Morgan fingerprint density at radius 3 is 1.00 bits per heavy atom. The lowest BCUT2D eigenvalue weighted by atomic mass is 10.6. The van der Waals surface area contributed by atoms with E-state index in [0.29, 0.717) is 0 Å². The van der Waals surface area contributed by atoms with E-state index in [9.17, 15) is 39.5 Å². The van der Waals surface area contributed by atoms with Crippen molar-refractivity contribution in [1.29, 1.82) is 0 Å². The smallest absolute Gasteiger partial charge is 0.216 e. The number of allylic oxidation sites excluding steroid dienone is 1. The summed E-state index contributed by atoms with van der Waals surface area (Å²) in [6.07, 6.45) is -4.61. The maximum atomic E-state index is 10.9. The number of rotatable bonds is 0. The minimum atomic E-state index is -4.86. The van der Waals surface area contributed by atoms with Crippen LogP contribution in [0.15, 0.2) is 38.5 Å². The molecule has 0 aromatic heterocycles. The second-order valence-electron chi connectivity index (χ2n) is 1.26. The van der Waals surface area contributed by atoms with Crippen LogP contribution in [0.25, 0.3) is 0 Å². The predicted molar refractivity (Wildman–Crippen MR) is 53.0 cm³/mol. The zero-order valence-corrected chi connectivity index (χ0v) is 9.22. The zero-order valence-electron chi connectivity index (χ0n) is 9.22. The molecule has 0 bridgehead atoms. The van der Waals surface area contributed by atoms with Gasteiger partial charge in [0.15, 0.2) is 5.83 Å². The second-order valence-corrected chi connectivity index (χ2v) is 1.26. The third-order valence-corrected chi connectivity index (χ3v) is 0.308. The molecule has 112 valence electrons.